The molecule has 8 heteroatoms. The van der Waals surface area contributed by atoms with Crippen molar-refractivity contribution in [2.75, 3.05) is 29.9 Å². The van der Waals surface area contributed by atoms with E-state index in [1.165, 1.54) is 5.56 Å². The van der Waals surface area contributed by atoms with Crippen molar-refractivity contribution in [2.45, 2.75) is 37.5 Å². The van der Waals surface area contributed by atoms with Gasteiger partial charge < -0.3 is 10.2 Å². The molecular formula is C22H24ClN3O3S. The van der Waals surface area contributed by atoms with E-state index >= 15 is 0 Å². The van der Waals surface area contributed by atoms with Crippen LogP contribution in [0, 0.1) is 0 Å². The minimum Gasteiger partial charge on any atom is -0.354 e. The number of fused-ring (bicyclic) bond motifs is 2. The number of aromatic nitrogens is 1. The van der Waals surface area contributed by atoms with Crippen LogP contribution >= 0.6 is 11.6 Å². The summed E-state index contributed by atoms with van der Waals surface area (Å²) in [5, 5.41) is 4.13. The Morgan fingerprint density at radius 3 is 2.40 bits per heavy atom. The van der Waals surface area contributed by atoms with E-state index in [1.807, 2.05) is 24.3 Å². The van der Waals surface area contributed by atoms with Gasteiger partial charge in [0.2, 0.25) is 0 Å². The van der Waals surface area contributed by atoms with Gasteiger partial charge in [-0.1, -0.05) is 17.7 Å². The van der Waals surface area contributed by atoms with Gasteiger partial charge in [0.1, 0.15) is 5.69 Å². The Morgan fingerprint density at radius 2 is 1.73 bits per heavy atom. The maximum atomic E-state index is 13.3. The predicted octanol–water partition coefficient (Wildman–Crippen LogP) is 4.10. The SMILES string of the molecule is O=C(c1ncc(Nc2cccc(Cl)c2)c2c1C1CCC2CC1)N1CCS(=O)(=O)CC1. The molecule has 1 saturated carbocycles. The Balaban J connectivity index is 1.52. The lowest BCUT2D eigenvalue weighted by Crippen LogP contribution is -2.44. The summed E-state index contributed by atoms with van der Waals surface area (Å²) >= 11 is 6.14. The number of hydrogen-bond acceptors (Lipinski definition) is 5. The predicted molar refractivity (Wildman–Crippen MR) is 117 cm³/mol. The maximum Gasteiger partial charge on any atom is 0.272 e. The highest BCUT2D eigenvalue weighted by Gasteiger charge is 2.39. The average molecular weight is 446 g/mol. The zero-order chi connectivity index (χ0) is 20.9. The van der Waals surface area contributed by atoms with Crippen LogP contribution < -0.4 is 5.32 Å². The Hall–Kier alpha value is -2.12. The van der Waals surface area contributed by atoms with Crippen LogP contribution in [0.2, 0.25) is 5.02 Å². The highest BCUT2D eigenvalue weighted by Crippen LogP contribution is 2.53. The van der Waals surface area contributed by atoms with Gasteiger partial charge >= 0.3 is 0 Å². The van der Waals surface area contributed by atoms with Crippen LogP contribution in [0.1, 0.15) is 59.1 Å². The summed E-state index contributed by atoms with van der Waals surface area (Å²) in [6.45, 7) is 0.489. The number of carbonyl (C=O) groups excluding carboxylic acids is 1. The fraction of sp³-hybridized carbons (Fsp3) is 0.455. The molecule has 6 nitrogen and oxygen atoms in total. The molecule has 158 valence electrons. The van der Waals surface area contributed by atoms with E-state index in [1.54, 1.807) is 11.1 Å². The summed E-state index contributed by atoms with van der Waals surface area (Å²) in [6.07, 6.45) is 6.17. The summed E-state index contributed by atoms with van der Waals surface area (Å²) < 4.78 is 23.5. The number of halogens is 1. The quantitative estimate of drug-likeness (QED) is 0.769. The fourth-order valence-corrected chi connectivity index (χ4v) is 6.51. The second kappa shape index (κ2) is 7.54. The highest BCUT2D eigenvalue weighted by atomic mass is 35.5. The van der Waals surface area contributed by atoms with Crippen LogP contribution in [-0.4, -0.2) is 48.8 Å². The monoisotopic (exact) mass is 445 g/mol. The number of hydrogen-bond donors (Lipinski definition) is 1. The first kappa shape index (κ1) is 19.8. The van der Waals surface area contributed by atoms with E-state index in [4.69, 9.17) is 11.6 Å². The maximum absolute atomic E-state index is 13.3. The molecule has 1 aliphatic heterocycles. The first-order chi connectivity index (χ1) is 14.4. The highest BCUT2D eigenvalue weighted by molar-refractivity contribution is 7.91. The Labute approximate surface area is 181 Å². The number of rotatable bonds is 3. The molecule has 4 aliphatic rings. The lowest BCUT2D eigenvalue weighted by atomic mass is 9.66. The number of nitrogens with one attached hydrogen (secondary N) is 1. The van der Waals surface area contributed by atoms with Crippen molar-refractivity contribution >= 4 is 38.7 Å². The first-order valence-corrected chi connectivity index (χ1v) is 12.7. The average Bonchev–Trinajstić information content (AvgIpc) is 2.74. The van der Waals surface area contributed by atoms with Gasteiger partial charge in [0.05, 0.1) is 23.4 Å². The smallest absolute Gasteiger partial charge is 0.272 e. The van der Waals surface area contributed by atoms with Crippen molar-refractivity contribution in [2.24, 2.45) is 0 Å². The van der Waals surface area contributed by atoms with Crippen molar-refractivity contribution < 1.29 is 13.2 Å². The van der Waals surface area contributed by atoms with Crippen molar-refractivity contribution in [3.63, 3.8) is 0 Å². The van der Waals surface area contributed by atoms with Crippen LogP contribution in [0.3, 0.4) is 0 Å². The standard InChI is InChI=1S/C22H24ClN3O3S/c23-16-2-1-3-17(12-16)25-18-13-24-21(20-15-6-4-14(5-7-15)19(18)20)22(27)26-8-10-30(28,29)11-9-26/h1-3,12-15,25H,4-11H2. The number of amides is 1. The second-order valence-electron chi connectivity index (χ2n) is 8.48. The Morgan fingerprint density at radius 1 is 1.07 bits per heavy atom. The second-order valence-corrected chi connectivity index (χ2v) is 11.2. The fourth-order valence-electron chi connectivity index (χ4n) is 5.12. The molecule has 6 rings (SSSR count). The van der Waals surface area contributed by atoms with Gasteiger partial charge in [0.25, 0.3) is 5.91 Å². The van der Waals surface area contributed by atoms with E-state index < -0.39 is 9.84 Å². The van der Waals surface area contributed by atoms with Gasteiger partial charge in [-0.25, -0.2) is 13.4 Å². The van der Waals surface area contributed by atoms with E-state index in [0.717, 1.165) is 42.6 Å². The Kier molecular flexibility index (Phi) is 4.98. The van der Waals surface area contributed by atoms with Crippen LogP contribution in [0.25, 0.3) is 0 Å². The molecule has 0 radical (unpaired) electrons. The molecule has 0 atom stereocenters. The minimum atomic E-state index is -3.04. The van der Waals surface area contributed by atoms with E-state index in [-0.39, 0.29) is 30.5 Å². The summed E-state index contributed by atoms with van der Waals surface area (Å²) in [7, 11) is -3.04. The molecular weight excluding hydrogens is 422 g/mol. The zero-order valence-electron chi connectivity index (χ0n) is 16.6. The van der Waals surface area contributed by atoms with Gasteiger partial charge in [-0.05, 0) is 66.8 Å². The topological polar surface area (TPSA) is 79.4 Å². The third-order valence-corrected chi connectivity index (χ3v) is 8.48. The lowest BCUT2D eigenvalue weighted by Gasteiger charge is -2.40. The van der Waals surface area contributed by atoms with Gasteiger partial charge in [-0.15, -0.1) is 0 Å². The van der Waals surface area contributed by atoms with Crippen LogP contribution in [0.4, 0.5) is 11.4 Å². The number of benzene rings is 1. The molecule has 0 spiro atoms. The molecule has 3 aliphatic carbocycles. The van der Waals surface area contributed by atoms with E-state index in [9.17, 15) is 13.2 Å². The van der Waals surface area contributed by atoms with Crippen LogP contribution in [0.15, 0.2) is 30.5 Å². The summed E-state index contributed by atoms with van der Waals surface area (Å²) in [6, 6.07) is 7.58. The number of sulfone groups is 1. The molecule has 2 heterocycles. The zero-order valence-corrected chi connectivity index (χ0v) is 18.2. The van der Waals surface area contributed by atoms with E-state index in [2.05, 4.69) is 10.3 Å². The molecule has 2 aromatic rings. The van der Waals surface area contributed by atoms with Crippen LogP contribution in [-0.2, 0) is 9.84 Å². The normalized spacial score (nSPS) is 24.4. The summed E-state index contributed by atoms with van der Waals surface area (Å²) in [5.41, 5.74) is 4.63. The first-order valence-electron chi connectivity index (χ1n) is 10.5. The van der Waals surface area contributed by atoms with E-state index in [0.29, 0.717) is 22.6 Å². The largest absolute Gasteiger partial charge is 0.354 e. The molecule has 2 bridgehead atoms. The third kappa shape index (κ3) is 3.58. The van der Waals surface area contributed by atoms with Crippen molar-refractivity contribution in [1.82, 2.24) is 9.88 Å². The van der Waals surface area contributed by atoms with Crippen molar-refractivity contribution in [1.29, 1.82) is 0 Å². The van der Waals surface area contributed by atoms with Gasteiger partial charge in [0.15, 0.2) is 9.84 Å². The number of nitrogens with zero attached hydrogens (tertiary/aromatic N) is 2. The number of carbonyl (C=O) groups is 1. The van der Waals surface area contributed by atoms with Crippen LogP contribution in [0.5, 0.6) is 0 Å². The Bertz CT molecular complexity index is 1100. The number of anilines is 2. The molecule has 1 aromatic carbocycles. The van der Waals surface area contributed by atoms with Gasteiger partial charge in [-0.2, -0.15) is 0 Å². The number of pyridine rings is 1. The molecule has 2 fully saturated rings. The van der Waals surface area contributed by atoms with Gasteiger partial charge in [-0.3, -0.25) is 4.79 Å². The molecule has 1 N–H and O–H groups in total. The van der Waals surface area contributed by atoms with Crippen molar-refractivity contribution in [3.05, 3.63) is 52.3 Å². The molecule has 1 aromatic heterocycles. The van der Waals surface area contributed by atoms with Gasteiger partial charge in [0, 0.05) is 23.8 Å². The molecule has 1 amide bonds. The lowest BCUT2D eigenvalue weighted by molar-refractivity contribution is 0.0761. The molecule has 1 saturated heterocycles. The summed E-state index contributed by atoms with van der Waals surface area (Å²) in [4.78, 5) is 19.6. The third-order valence-electron chi connectivity index (χ3n) is 6.64. The summed E-state index contributed by atoms with van der Waals surface area (Å²) in [5.74, 6) is 0.681. The molecule has 30 heavy (non-hydrogen) atoms. The minimum absolute atomic E-state index is 0.0292. The molecule has 0 unspecified atom stereocenters. The van der Waals surface area contributed by atoms with Crippen molar-refractivity contribution in [3.8, 4) is 0 Å².